The molecule has 0 fully saturated rings. The van der Waals surface area contributed by atoms with E-state index in [0.29, 0.717) is 5.82 Å². The first-order valence-electron chi connectivity index (χ1n) is 6.13. The summed E-state index contributed by atoms with van der Waals surface area (Å²) in [6, 6.07) is 4.45. The number of nitrogens with zero attached hydrogens (tertiary/aromatic N) is 3. The van der Waals surface area contributed by atoms with Crippen LogP contribution < -0.4 is 10.5 Å². The van der Waals surface area contributed by atoms with Gasteiger partial charge in [0, 0.05) is 18.1 Å². The molecular weight excluding hydrogens is 279 g/mol. The van der Waals surface area contributed by atoms with Crippen LogP contribution in [0.1, 0.15) is 25.6 Å². The predicted octanol–water partition coefficient (Wildman–Crippen LogP) is 3.02. The number of non-ortho nitro benzene ring substituents is 1. The smallest absolute Gasteiger partial charge is 0.272 e. The molecule has 1 aromatic heterocycles. The summed E-state index contributed by atoms with van der Waals surface area (Å²) in [5.74, 6) is -0.254. The lowest BCUT2D eigenvalue weighted by molar-refractivity contribution is -0.385. The number of aromatic nitrogens is 2. The minimum absolute atomic E-state index is 0.0255. The van der Waals surface area contributed by atoms with Crippen LogP contribution in [0.2, 0.25) is 0 Å². The number of hydrogen-bond donors (Lipinski definition) is 1. The molecule has 0 saturated carbocycles. The van der Waals surface area contributed by atoms with Crippen LogP contribution in [0.15, 0.2) is 24.3 Å². The van der Waals surface area contributed by atoms with Crippen molar-refractivity contribution >= 4 is 11.5 Å². The van der Waals surface area contributed by atoms with Gasteiger partial charge in [0.25, 0.3) is 5.69 Å². The van der Waals surface area contributed by atoms with Crippen molar-refractivity contribution in [3.05, 3.63) is 46.0 Å². The zero-order chi connectivity index (χ0) is 15.6. The van der Waals surface area contributed by atoms with Gasteiger partial charge >= 0.3 is 0 Å². The minimum Gasteiger partial charge on any atom is -0.436 e. The van der Waals surface area contributed by atoms with Gasteiger partial charge in [0.2, 0.25) is 5.88 Å². The molecule has 0 aliphatic rings. The minimum atomic E-state index is -0.854. The lowest BCUT2D eigenvalue weighted by atomic mass is 10.2. The van der Waals surface area contributed by atoms with Gasteiger partial charge in [0.1, 0.15) is 11.6 Å². The summed E-state index contributed by atoms with van der Waals surface area (Å²) in [4.78, 5) is 18.0. The number of ether oxygens (including phenoxy) is 1. The summed E-state index contributed by atoms with van der Waals surface area (Å²) < 4.78 is 19.0. The Hall–Kier alpha value is -2.77. The number of anilines is 1. The summed E-state index contributed by atoms with van der Waals surface area (Å²) in [7, 11) is 0. The molecule has 0 bridgehead atoms. The highest BCUT2D eigenvalue weighted by atomic mass is 19.1. The number of halogens is 1. The van der Waals surface area contributed by atoms with Gasteiger partial charge in [-0.05, 0) is 6.07 Å². The molecule has 7 nitrogen and oxygen atoms in total. The van der Waals surface area contributed by atoms with Crippen molar-refractivity contribution in [3.8, 4) is 11.6 Å². The predicted molar refractivity (Wildman–Crippen MR) is 73.7 cm³/mol. The van der Waals surface area contributed by atoms with Crippen molar-refractivity contribution in [2.75, 3.05) is 5.73 Å². The Morgan fingerprint density at radius 3 is 2.62 bits per heavy atom. The van der Waals surface area contributed by atoms with Crippen molar-refractivity contribution in [3.63, 3.8) is 0 Å². The molecule has 1 heterocycles. The Morgan fingerprint density at radius 1 is 1.33 bits per heavy atom. The van der Waals surface area contributed by atoms with Crippen LogP contribution in [-0.4, -0.2) is 14.9 Å². The van der Waals surface area contributed by atoms with Crippen molar-refractivity contribution in [2.45, 2.75) is 19.8 Å². The number of nitro groups is 1. The Morgan fingerprint density at radius 2 is 2.05 bits per heavy atom. The summed E-state index contributed by atoms with van der Waals surface area (Å²) in [5, 5.41) is 10.5. The van der Waals surface area contributed by atoms with Gasteiger partial charge in [-0.15, -0.1) is 0 Å². The SMILES string of the molecule is CC(C)c1nc(N)cc(Oc2ccc([N+](=O)[O-])cc2F)n1. The molecular formula is C13H13FN4O3. The molecule has 2 rings (SSSR count). The lowest BCUT2D eigenvalue weighted by Gasteiger charge is -2.09. The quantitative estimate of drug-likeness (QED) is 0.686. The van der Waals surface area contributed by atoms with Crippen LogP contribution in [0, 0.1) is 15.9 Å². The average Bonchev–Trinajstić information content (AvgIpc) is 2.40. The van der Waals surface area contributed by atoms with Gasteiger partial charge < -0.3 is 10.5 Å². The highest BCUT2D eigenvalue weighted by molar-refractivity contribution is 5.41. The number of benzene rings is 1. The second-order valence-electron chi connectivity index (χ2n) is 4.62. The van der Waals surface area contributed by atoms with Gasteiger partial charge in [0.05, 0.1) is 11.0 Å². The van der Waals surface area contributed by atoms with E-state index >= 15 is 0 Å². The molecule has 1 aromatic carbocycles. The first-order valence-corrected chi connectivity index (χ1v) is 6.13. The summed E-state index contributed by atoms with van der Waals surface area (Å²) in [6.45, 7) is 3.76. The maximum absolute atomic E-state index is 13.8. The lowest BCUT2D eigenvalue weighted by Crippen LogP contribution is -2.03. The van der Waals surface area contributed by atoms with E-state index in [4.69, 9.17) is 10.5 Å². The van der Waals surface area contributed by atoms with Crippen LogP contribution in [0.4, 0.5) is 15.9 Å². The average molecular weight is 292 g/mol. The summed E-state index contributed by atoms with van der Waals surface area (Å²) in [5.41, 5.74) is 5.28. The summed E-state index contributed by atoms with van der Waals surface area (Å²) in [6.07, 6.45) is 0. The zero-order valence-electron chi connectivity index (χ0n) is 11.4. The first-order chi connectivity index (χ1) is 9.86. The normalized spacial score (nSPS) is 10.7. The van der Waals surface area contributed by atoms with Gasteiger partial charge in [-0.1, -0.05) is 13.8 Å². The van der Waals surface area contributed by atoms with Crippen LogP contribution in [0.5, 0.6) is 11.6 Å². The molecule has 0 spiro atoms. The number of nitrogens with two attached hydrogens (primary N) is 1. The van der Waals surface area contributed by atoms with Crippen molar-refractivity contribution < 1.29 is 14.1 Å². The summed E-state index contributed by atoms with van der Waals surface area (Å²) >= 11 is 0. The van der Waals surface area contributed by atoms with E-state index in [1.165, 1.54) is 12.1 Å². The topological polar surface area (TPSA) is 104 Å². The highest BCUT2D eigenvalue weighted by Crippen LogP contribution is 2.27. The van der Waals surface area contributed by atoms with E-state index in [0.717, 1.165) is 12.1 Å². The number of rotatable bonds is 4. The standard InChI is InChI=1S/C13H13FN4O3/c1-7(2)13-16-11(15)6-12(17-13)21-10-4-3-8(18(19)20)5-9(10)14/h3-7H,1-2H3,(H2,15,16,17). The molecule has 8 heteroatoms. The van der Waals surface area contributed by atoms with Gasteiger partial charge in [-0.2, -0.15) is 4.98 Å². The maximum atomic E-state index is 13.8. The van der Waals surface area contributed by atoms with Crippen LogP contribution in [0.25, 0.3) is 0 Å². The third kappa shape index (κ3) is 3.41. The molecule has 0 unspecified atom stereocenters. The molecule has 0 amide bonds. The zero-order valence-corrected chi connectivity index (χ0v) is 11.4. The third-order valence-corrected chi connectivity index (χ3v) is 2.60. The highest BCUT2D eigenvalue weighted by Gasteiger charge is 2.14. The second kappa shape index (κ2) is 5.70. The largest absolute Gasteiger partial charge is 0.436 e. The molecule has 2 N–H and O–H groups in total. The fourth-order valence-corrected chi connectivity index (χ4v) is 1.57. The molecule has 110 valence electrons. The molecule has 0 aliphatic heterocycles. The first kappa shape index (κ1) is 14.6. The van der Waals surface area contributed by atoms with Crippen molar-refractivity contribution in [1.29, 1.82) is 0 Å². The van der Waals surface area contributed by atoms with Gasteiger partial charge in [0.15, 0.2) is 11.6 Å². The van der Waals surface area contributed by atoms with Crippen LogP contribution in [-0.2, 0) is 0 Å². The van der Waals surface area contributed by atoms with Gasteiger partial charge in [-0.3, -0.25) is 10.1 Å². The molecule has 0 saturated heterocycles. The molecule has 0 atom stereocenters. The third-order valence-electron chi connectivity index (χ3n) is 2.60. The number of hydrogen-bond acceptors (Lipinski definition) is 6. The Balaban J connectivity index is 2.32. The van der Waals surface area contributed by atoms with E-state index in [1.54, 1.807) is 0 Å². The molecule has 21 heavy (non-hydrogen) atoms. The number of nitrogen functional groups attached to an aromatic ring is 1. The second-order valence-corrected chi connectivity index (χ2v) is 4.62. The molecule has 2 aromatic rings. The fraction of sp³-hybridized carbons (Fsp3) is 0.231. The van der Waals surface area contributed by atoms with Crippen LogP contribution >= 0.6 is 0 Å². The van der Waals surface area contributed by atoms with Gasteiger partial charge in [-0.25, -0.2) is 9.37 Å². The Labute approximate surface area is 119 Å². The molecule has 0 aliphatic carbocycles. The van der Waals surface area contributed by atoms with Crippen molar-refractivity contribution in [1.82, 2.24) is 9.97 Å². The van der Waals surface area contributed by atoms with E-state index in [9.17, 15) is 14.5 Å². The van der Waals surface area contributed by atoms with E-state index < -0.39 is 10.7 Å². The maximum Gasteiger partial charge on any atom is 0.272 e. The van der Waals surface area contributed by atoms with E-state index in [1.807, 2.05) is 13.8 Å². The van der Waals surface area contributed by atoms with E-state index in [2.05, 4.69) is 9.97 Å². The molecule has 0 radical (unpaired) electrons. The van der Waals surface area contributed by atoms with E-state index in [-0.39, 0.29) is 29.1 Å². The fourth-order valence-electron chi connectivity index (χ4n) is 1.57. The van der Waals surface area contributed by atoms with Crippen LogP contribution in [0.3, 0.4) is 0 Å². The Kier molecular flexibility index (Phi) is 3.97. The Bertz CT molecular complexity index is 691. The monoisotopic (exact) mass is 292 g/mol. The number of nitro benzene ring substituents is 1. The van der Waals surface area contributed by atoms with Crippen molar-refractivity contribution in [2.24, 2.45) is 0 Å².